The van der Waals surface area contributed by atoms with Crippen molar-refractivity contribution < 1.29 is 0 Å². The quantitative estimate of drug-likeness (QED) is 0.433. The van der Waals surface area contributed by atoms with Gasteiger partial charge in [-0.3, -0.25) is 4.90 Å². The van der Waals surface area contributed by atoms with E-state index in [0.29, 0.717) is 0 Å². The molecule has 1 aliphatic rings. The second kappa shape index (κ2) is 9.13. The highest BCUT2D eigenvalue weighted by Gasteiger charge is 2.31. The molecule has 0 bridgehead atoms. The molecule has 3 aromatic rings. The summed E-state index contributed by atoms with van der Waals surface area (Å²) in [7, 11) is 3.77. The lowest BCUT2D eigenvalue weighted by atomic mass is 9.98. The Bertz CT molecular complexity index is 1030. The van der Waals surface area contributed by atoms with Crippen molar-refractivity contribution in [3.05, 3.63) is 119 Å². The van der Waals surface area contributed by atoms with E-state index in [-0.39, 0.29) is 6.04 Å². The molecule has 30 heavy (non-hydrogen) atoms. The molecule has 0 heterocycles. The topological polar surface area (TPSA) is 3.24 Å². The summed E-state index contributed by atoms with van der Waals surface area (Å²) >= 11 is 0. The van der Waals surface area contributed by atoms with E-state index in [9.17, 15) is 0 Å². The Morgan fingerprint density at radius 2 is 1.23 bits per heavy atom. The minimum atomic E-state index is -0.614. The third-order valence-electron chi connectivity index (χ3n) is 5.82. The highest BCUT2D eigenvalue weighted by atomic mass is 31.1. The Kier molecular flexibility index (Phi) is 6.32. The monoisotopic (exact) mass is 411 g/mol. The molecule has 1 aliphatic carbocycles. The summed E-state index contributed by atoms with van der Waals surface area (Å²) in [5.41, 5.74) is 5.56. The van der Waals surface area contributed by atoms with Crippen molar-refractivity contribution in [3.8, 4) is 0 Å². The first-order chi connectivity index (χ1) is 14.6. The van der Waals surface area contributed by atoms with Crippen LogP contribution in [0, 0.1) is 13.8 Å². The van der Waals surface area contributed by atoms with Crippen LogP contribution in [0.3, 0.4) is 0 Å². The van der Waals surface area contributed by atoms with Gasteiger partial charge in [-0.05, 0) is 80.5 Å². The first kappa shape index (κ1) is 20.8. The fourth-order valence-electron chi connectivity index (χ4n) is 4.40. The van der Waals surface area contributed by atoms with Crippen LogP contribution < -0.4 is 10.6 Å². The van der Waals surface area contributed by atoms with Crippen LogP contribution in [-0.2, 0) is 0 Å². The number of hydrogen-bond donors (Lipinski definition) is 0. The minimum absolute atomic E-state index is 0.262. The smallest absolute Gasteiger partial charge is 0.0600 e. The number of hydrogen-bond acceptors (Lipinski definition) is 1. The lowest BCUT2D eigenvalue weighted by molar-refractivity contribution is 0.341. The van der Waals surface area contributed by atoms with Gasteiger partial charge in [0.15, 0.2) is 0 Å². The summed E-state index contributed by atoms with van der Waals surface area (Å²) in [6.07, 6.45) is 5.93. The second-order valence-corrected chi connectivity index (χ2v) is 10.3. The zero-order chi connectivity index (χ0) is 21.1. The van der Waals surface area contributed by atoms with E-state index < -0.39 is 7.92 Å². The first-order valence-electron chi connectivity index (χ1n) is 10.6. The molecule has 0 radical (unpaired) electrons. The molecule has 0 aromatic heterocycles. The number of nitrogens with zero attached hydrogens (tertiary/aromatic N) is 1. The zero-order valence-electron chi connectivity index (χ0n) is 18.3. The summed E-state index contributed by atoms with van der Waals surface area (Å²) in [5.74, 6) is 0. The van der Waals surface area contributed by atoms with Crippen LogP contribution in [0.5, 0.6) is 0 Å². The molecule has 0 unspecified atom stereocenters. The third kappa shape index (κ3) is 4.06. The molecule has 0 N–H and O–H groups in total. The Morgan fingerprint density at radius 3 is 1.77 bits per heavy atom. The summed E-state index contributed by atoms with van der Waals surface area (Å²) in [4.78, 5) is 2.35. The molecule has 1 nitrogen and oxygen atoms in total. The van der Waals surface area contributed by atoms with Crippen molar-refractivity contribution in [2.75, 3.05) is 14.1 Å². The van der Waals surface area contributed by atoms with Crippen molar-refractivity contribution in [2.24, 2.45) is 0 Å². The fraction of sp³-hybridized carbons (Fsp3) is 0.214. The Morgan fingerprint density at radius 1 is 0.700 bits per heavy atom. The molecule has 0 fully saturated rings. The Hall–Kier alpha value is -2.47. The van der Waals surface area contributed by atoms with E-state index in [1.807, 2.05) is 0 Å². The van der Waals surface area contributed by atoms with Gasteiger partial charge in [-0.25, -0.2) is 0 Å². The SMILES string of the molecule is Cc1ccccc1P(C1=CCC=C1[C@@H](c1ccccc1)N(C)C)c1ccccc1C. The number of aryl methyl sites for hydroxylation is 2. The maximum atomic E-state index is 2.47. The molecule has 2 heteroatoms. The van der Waals surface area contributed by atoms with Gasteiger partial charge in [0.05, 0.1) is 6.04 Å². The molecule has 1 atom stereocenters. The van der Waals surface area contributed by atoms with Crippen molar-refractivity contribution in [1.29, 1.82) is 0 Å². The van der Waals surface area contributed by atoms with Gasteiger partial charge in [0.1, 0.15) is 0 Å². The summed E-state index contributed by atoms with van der Waals surface area (Å²) in [6, 6.07) is 29.0. The maximum absolute atomic E-state index is 2.47. The van der Waals surface area contributed by atoms with Crippen LogP contribution >= 0.6 is 7.92 Å². The van der Waals surface area contributed by atoms with Crippen LogP contribution in [-0.4, -0.2) is 19.0 Å². The Balaban J connectivity index is 1.86. The van der Waals surface area contributed by atoms with Gasteiger partial charge in [-0.2, -0.15) is 0 Å². The van der Waals surface area contributed by atoms with E-state index in [2.05, 4.69) is 124 Å². The minimum Gasteiger partial charge on any atom is -0.299 e. The molecule has 0 saturated heterocycles. The van der Waals surface area contributed by atoms with Crippen LogP contribution in [0.2, 0.25) is 0 Å². The lowest BCUT2D eigenvalue weighted by Gasteiger charge is -2.32. The molecule has 152 valence electrons. The van der Waals surface area contributed by atoms with Gasteiger partial charge in [-0.1, -0.05) is 91.0 Å². The fourth-order valence-corrected chi connectivity index (χ4v) is 7.26. The zero-order valence-corrected chi connectivity index (χ0v) is 19.2. The lowest BCUT2D eigenvalue weighted by Crippen LogP contribution is -2.24. The van der Waals surface area contributed by atoms with Gasteiger partial charge in [0.2, 0.25) is 0 Å². The highest BCUT2D eigenvalue weighted by molar-refractivity contribution is 7.77. The van der Waals surface area contributed by atoms with Crippen molar-refractivity contribution in [3.63, 3.8) is 0 Å². The second-order valence-electron chi connectivity index (χ2n) is 8.17. The van der Waals surface area contributed by atoms with Gasteiger partial charge in [-0.15, -0.1) is 0 Å². The van der Waals surface area contributed by atoms with Gasteiger partial charge < -0.3 is 0 Å². The molecule has 4 rings (SSSR count). The Labute approximate surface area is 182 Å². The molecular formula is C28H30NP. The number of rotatable bonds is 6. The normalized spacial score (nSPS) is 14.7. The van der Waals surface area contributed by atoms with E-state index in [1.54, 1.807) is 0 Å². The molecular weight excluding hydrogens is 381 g/mol. The average Bonchev–Trinajstić information content (AvgIpc) is 3.20. The number of likely N-dealkylation sites (N-methyl/N-ethyl adjacent to an activating group) is 1. The van der Waals surface area contributed by atoms with Crippen molar-refractivity contribution in [2.45, 2.75) is 26.3 Å². The maximum Gasteiger partial charge on any atom is 0.0600 e. The van der Waals surface area contributed by atoms with Gasteiger partial charge in [0, 0.05) is 0 Å². The predicted octanol–water partition coefficient (Wildman–Crippen LogP) is 6.25. The average molecular weight is 412 g/mol. The van der Waals surface area contributed by atoms with E-state index in [4.69, 9.17) is 0 Å². The first-order valence-corrected chi connectivity index (χ1v) is 12.0. The molecule has 0 spiro atoms. The van der Waals surface area contributed by atoms with E-state index >= 15 is 0 Å². The van der Waals surface area contributed by atoms with Gasteiger partial charge >= 0.3 is 0 Å². The number of benzene rings is 3. The summed E-state index contributed by atoms with van der Waals surface area (Å²) in [6.45, 7) is 4.50. The molecule has 3 aromatic carbocycles. The van der Waals surface area contributed by atoms with Crippen molar-refractivity contribution in [1.82, 2.24) is 4.90 Å². The predicted molar refractivity (Wildman–Crippen MR) is 132 cm³/mol. The molecule has 0 aliphatic heterocycles. The number of allylic oxidation sites excluding steroid dienone is 2. The van der Waals surface area contributed by atoms with Crippen LogP contribution in [0.1, 0.15) is 29.2 Å². The van der Waals surface area contributed by atoms with E-state index in [1.165, 1.54) is 38.2 Å². The van der Waals surface area contributed by atoms with Crippen LogP contribution in [0.4, 0.5) is 0 Å². The van der Waals surface area contributed by atoms with Gasteiger partial charge in [0.25, 0.3) is 0 Å². The van der Waals surface area contributed by atoms with Crippen LogP contribution in [0.25, 0.3) is 0 Å². The molecule has 0 amide bonds. The third-order valence-corrected chi connectivity index (χ3v) is 8.71. The summed E-state index contributed by atoms with van der Waals surface area (Å²) < 4.78 is 0. The molecule has 0 saturated carbocycles. The van der Waals surface area contributed by atoms with Crippen molar-refractivity contribution >= 4 is 18.5 Å². The summed E-state index contributed by atoms with van der Waals surface area (Å²) in [5, 5.41) is 4.44. The highest BCUT2D eigenvalue weighted by Crippen LogP contribution is 2.53. The van der Waals surface area contributed by atoms with Crippen LogP contribution in [0.15, 0.2) is 102 Å². The standard InChI is InChI=1S/C28H30NP/c1-21-13-8-10-18-25(21)30(26-19-11-9-14-22(26)2)27-20-12-17-24(27)28(29(3)4)23-15-6-5-7-16-23/h5-11,13-20,28H,12H2,1-4H3/t28-/m1/s1. The van der Waals surface area contributed by atoms with E-state index in [0.717, 1.165) is 6.42 Å². The largest absolute Gasteiger partial charge is 0.299 e.